The summed E-state index contributed by atoms with van der Waals surface area (Å²) in [6.45, 7) is 8.05. The summed E-state index contributed by atoms with van der Waals surface area (Å²) in [7, 11) is 1.78. The van der Waals surface area contributed by atoms with Gasteiger partial charge in [0.25, 0.3) is 11.5 Å². The summed E-state index contributed by atoms with van der Waals surface area (Å²) in [6, 6.07) is 4.01. The van der Waals surface area contributed by atoms with Crippen molar-refractivity contribution in [3.63, 3.8) is 0 Å². The number of likely N-dealkylation sites (tertiary alicyclic amines) is 1. The molecule has 2 aliphatic rings. The number of carbonyl (C=O) groups is 1. The fourth-order valence-electron chi connectivity index (χ4n) is 6.44. The van der Waals surface area contributed by atoms with Crippen LogP contribution in [0.2, 0.25) is 0 Å². The van der Waals surface area contributed by atoms with E-state index in [-0.39, 0.29) is 24.1 Å². The van der Waals surface area contributed by atoms with Crippen molar-refractivity contribution in [3.8, 4) is 0 Å². The SMILES string of the molecule is COC1CN(C2CCC([C@@H](C)n3c(C)c(C(=O)NCc4c(SC)cc(C)[nH]c4=O)c4cc(F)cnc43)CC2)C1. The minimum atomic E-state index is -0.481. The summed E-state index contributed by atoms with van der Waals surface area (Å²) >= 11 is 1.47. The number of nitrogens with zero attached hydrogens (tertiary/aromatic N) is 3. The maximum absolute atomic E-state index is 14.4. The molecule has 39 heavy (non-hydrogen) atoms. The quantitative estimate of drug-likeness (QED) is 0.396. The molecule has 10 heteroatoms. The second-order valence-electron chi connectivity index (χ2n) is 11.0. The Hall–Kier alpha value is -2.69. The van der Waals surface area contributed by atoms with Crippen molar-refractivity contribution in [1.29, 1.82) is 0 Å². The minimum absolute atomic E-state index is 0.0828. The lowest BCUT2D eigenvalue weighted by Crippen LogP contribution is -2.56. The third-order valence-corrected chi connectivity index (χ3v) is 9.52. The zero-order valence-corrected chi connectivity index (χ0v) is 24.2. The van der Waals surface area contributed by atoms with Crippen LogP contribution in [-0.2, 0) is 11.3 Å². The first kappa shape index (κ1) is 27.9. The second-order valence-corrected chi connectivity index (χ2v) is 11.8. The van der Waals surface area contributed by atoms with E-state index in [0.717, 1.165) is 55.1 Å². The molecule has 2 N–H and O–H groups in total. The van der Waals surface area contributed by atoms with Gasteiger partial charge in [-0.15, -0.1) is 11.8 Å². The van der Waals surface area contributed by atoms with Gasteiger partial charge in [-0.1, -0.05) is 0 Å². The number of pyridine rings is 2. The average Bonchev–Trinajstić information content (AvgIpc) is 3.17. The molecule has 3 aromatic rings. The number of nitrogens with one attached hydrogen (secondary N) is 2. The normalized spacial score (nSPS) is 21.2. The molecule has 5 rings (SSSR count). The number of thioether (sulfide) groups is 1. The predicted octanol–water partition coefficient (Wildman–Crippen LogP) is 4.58. The van der Waals surface area contributed by atoms with E-state index in [4.69, 9.17) is 4.74 Å². The number of fused-ring (bicyclic) bond motifs is 1. The lowest BCUT2D eigenvalue weighted by atomic mass is 9.80. The van der Waals surface area contributed by atoms with Crippen molar-refractivity contribution in [3.05, 3.63) is 57.0 Å². The van der Waals surface area contributed by atoms with E-state index in [0.29, 0.717) is 40.2 Å². The Kier molecular flexibility index (Phi) is 8.16. The molecular weight excluding hydrogens is 517 g/mol. The molecule has 4 heterocycles. The first-order chi connectivity index (χ1) is 18.7. The Morgan fingerprint density at radius 1 is 1.26 bits per heavy atom. The Labute approximate surface area is 232 Å². The highest BCUT2D eigenvalue weighted by Gasteiger charge is 2.36. The summed E-state index contributed by atoms with van der Waals surface area (Å²) in [6.07, 6.45) is 7.95. The number of amides is 1. The average molecular weight is 556 g/mol. The van der Waals surface area contributed by atoms with Gasteiger partial charge in [0.05, 0.1) is 17.9 Å². The van der Waals surface area contributed by atoms with Gasteiger partial charge >= 0.3 is 0 Å². The number of aromatic amines is 1. The van der Waals surface area contributed by atoms with Crippen LogP contribution in [-0.4, -0.2) is 63.9 Å². The molecule has 1 saturated carbocycles. The number of methoxy groups -OCH3 is 1. The van der Waals surface area contributed by atoms with Crippen molar-refractivity contribution >= 4 is 28.7 Å². The van der Waals surface area contributed by atoms with Gasteiger partial charge < -0.3 is 19.6 Å². The van der Waals surface area contributed by atoms with Crippen molar-refractivity contribution in [1.82, 2.24) is 24.8 Å². The number of hydrogen-bond donors (Lipinski definition) is 2. The zero-order chi connectivity index (χ0) is 27.8. The molecule has 8 nitrogen and oxygen atoms in total. The van der Waals surface area contributed by atoms with Crippen LogP contribution in [0.15, 0.2) is 28.0 Å². The van der Waals surface area contributed by atoms with Gasteiger partial charge in [-0.3, -0.25) is 14.5 Å². The number of aryl methyl sites for hydroxylation is 1. The molecule has 0 spiro atoms. The maximum atomic E-state index is 14.4. The van der Waals surface area contributed by atoms with Crippen LogP contribution in [0, 0.1) is 25.6 Å². The highest BCUT2D eigenvalue weighted by atomic mass is 32.2. The molecule has 1 atom stereocenters. The molecule has 210 valence electrons. The molecule has 2 fully saturated rings. The molecular formula is C29H38FN5O3S. The highest BCUT2D eigenvalue weighted by molar-refractivity contribution is 7.98. The monoisotopic (exact) mass is 555 g/mol. The number of aromatic nitrogens is 3. The Bertz CT molecular complexity index is 1420. The summed E-state index contributed by atoms with van der Waals surface area (Å²) in [5.41, 5.74) is 2.87. The maximum Gasteiger partial charge on any atom is 0.254 e. The zero-order valence-electron chi connectivity index (χ0n) is 23.3. The molecule has 0 aromatic carbocycles. The molecule has 1 amide bonds. The summed E-state index contributed by atoms with van der Waals surface area (Å²) < 4.78 is 21.9. The van der Waals surface area contributed by atoms with Crippen molar-refractivity contribution < 1.29 is 13.9 Å². The Morgan fingerprint density at radius 2 is 1.97 bits per heavy atom. The lowest BCUT2D eigenvalue weighted by Gasteiger charge is -2.46. The Morgan fingerprint density at radius 3 is 2.64 bits per heavy atom. The van der Waals surface area contributed by atoms with E-state index in [1.54, 1.807) is 7.11 Å². The van der Waals surface area contributed by atoms with Crippen LogP contribution in [0.3, 0.4) is 0 Å². The fourth-order valence-corrected chi connectivity index (χ4v) is 7.14. The first-order valence-corrected chi connectivity index (χ1v) is 14.9. The van der Waals surface area contributed by atoms with E-state index >= 15 is 0 Å². The van der Waals surface area contributed by atoms with Gasteiger partial charge in [0.1, 0.15) is 11.5 Å². The van der Waals surface area contributed by atoms with Gasteiger partial charge in [0.2, 0.25) is 0 Å². The van der Waals surface area contributed by atoms with Crippen molar-refractivity contribution in [2.24, 2.45) is 5.92 Å². The van der Waals surface area contributed by atoms with E-state index in [2.05, 4.69) is 31.7 Å². The summed E-state index contributed by atoms with van der Waals surface area (Å²) in [5.74, 6) is -0.379. The van der Waals surface area contributed by atoms with E-state index in [1.165, 1.54) is 24.0 Å². The minimum Gasteiger partial charge on any atom is -0.379 e. The Balaban J connectivity index is 1.37. The van der Waals surface area contributed by atoms with Gasteiger partial charge in [0.15, 0.2) is 0 Å². The molecule has 1 aliphatic carbocycles. The number of rotatable bonds is 8. The van der Waals surface area contributed by atoms with Gasteiger partial charge in [0, 0.05) is 66.1 Å². The van der Waals surface area contributed by atoms with Gasteiger partial charge in [-0.2, -0.15) is 0 Å². The van der Waals surface area contributed by atoms with Crippen LogP contribution in [0.5, 0.6) is 0 Å². The predicted molar refractivity (Wildman–Crippen MR) is 152 cm³/mol. The number of H-pyrrole nitrogens is 1. The topological polar surface area (TPSA) is 92.2 Å². The first-order valence-electron chi connectivity index (χ1n) is 13.7. The van der Waals surface area contributed by atoms with E-state index in [1.807, 2.05) is 26.2 Å². The summed E-state index contributed by atoms with van der Waals surface area (Å²) in [5, 5.41) is 3.42. The molecule has 0 radical (unpaired) electrons. The van der Waals surface area contributed by atoms with Crippen LogP contribution in [0.4, 0.5) is 4.39 Å². The number of halogens is 1. The lowest BCUT2D eigenvalue weighted by molar-refractivity contribution is -0.0605. The molecule has 3 aromatic heterocycles. The van der Waals surface area contributed by atoms with E-state index in [9.17, 15) is 14.0 Å². The number of hydrogen-bond acceptors (Lipinski definition) is 6. The van der Waals surface area contributed by atoms with E-state index < -0.39 is 5.82 Å². The van der Waals surface area contributed by atoms with Crippen LogP contribution < -0.4 is 10.9 Å². The second kappa shape index (κ2) is 11.4. The van der Waals surface area contributed by atoms with Gasteiger partial charge in [-0.25, -0.2) is 9.37 Å². The van der Waals surface area contributed by atoms with Crippen LogP contribution in [0.1, 0.15) is 66.0 Å². The highest BCUT2D eigenvalue weighted by Crippen LogP contribution is 2.39. The summed E-state index contributed by atoms with van der Waals surface area (Å²) in [4.78, 5) is 36.7. The third kappa shape index (κ3) is 5.38. The fraction of sp³-hybridized carbons (Fsp3) is 0.552. The van der Waals surface area contributed by atoms with Crippen LogP contribution >= 0.6 is 11.8 Å². The standard InChI is InChI=1S/C29H38FN5O3S/c1-16-10-25(39-5)24(28(36)33-16)13-32-29(37)26-18(3)35(27-23(26)11-20(30)12-31-27)17(2)19-6-8-21(9-7-19)34-14-22(15-34)38-4/h10-12,17,19,21-22H,6-9,13-15H2,1-5H3,(H,32,37)(H,33,36)/t17-,19?,21?/m1/s1. The van der Waals surface area contributed by atoms with Crippen molar-refractivity contribution in [2.75, 3.05) is 26.5 Å². The molecule has 1 aliphatic heterocycles. The number of carbonyl (C=O) groups excluding carboxylic acids is 1. The van der Waals surface area contributed by atoms with Crippen molar-refractivity contribution in [2.45, 2.75) is 76.1 Å². The smallest absolute Gasteiger partial charge is 0.254 e. The van der Waals surface area contributed by atoms with Crippen LogP contribution in [0.25, 0.3) is 11.0 Å². The molecule has 1 saturated heterocycles. The molecule has 0 unspecified atom stereocenters. The molecule has 0 bridgehead atoms. The number of ether oxygens (including phenoxy) is 1. The van der Waals surface area contributed by atoms with Gasteiger partial charge in [-0.05, 0) is 70.8 Å². The largest absolute Gasteiger partial charge is 0.379 e. The third-order valence-electron chi connectivity index (χ3n) is 8.71.